The maximum absolute atomic E-state index is 11.1. The zero-order chi connectivity index (χ0) is 9.94. The number of carbonyl (C=O) groups is 1. The molecule has 0 radical (unpaired) electrons. The van der Waals surface area contributed by atoms with E-state index in [-0.39, 0.29) is 0 Å². The monoisotopic (exact) mass is 175 g/mol. The summed E-state index contributed by atoms with van der Waals surface area (Å²) in [6.45, 7) is 6.82. The highest BCUT2D eigenvalue weighted by Crippen LogP contribution is 2.11. The highest BCUT2D eigenvalue weighted by Gasteiger charge is 2.24. The Morgan fingerprint density at radius 2 is 1.92 bits per heavy atom. The molecule has 0 aromatic rings. The van der Waals surface area contributed by atoms with Crippen LogP contribution in [0.5, 0.6) is 0 Å². The van der Waals surface area contributed by atoms with Crippen molar-refractivity contribution in [1.82, 2.24) is 0 Å². The van der Waals surface area contributed by atoms with Crippen molar-refractivity contribution >= 4 is 5.97 Å². The van der Waals surface area contributed by atoms with E-state index in [9.17, 15) is 4.79 Å². The largest absolute Gasteiger partial charge is 0.460 e. The van der Waals surface area contributed by atoms with Crippen molar-refractivity contribution in [2.75, 3.05) is 0 Å². The van der Waals surface area contributed by atoms with Crippen LogP contribution >= 0.6 is 0 Å². The number of hydrogen-bond acceptors (Lipinski definition) is 4. The van der Waals surface area contributed by atoms with Gasteiger partial charge in [-0.15, -0.1) is 0 Å². The first-order valence-electron chi connectivity index (χ1n) is 3.90. The van der Waals surface area contributed by atoms with Gasteiger partial charge in [-0.1, -0.05) is 0 Å². The van der Waals surface area contributed by atoms with Crippen LogP contribution in [0, 0.1) is 5.92 Å². The molecule has 0 fully saturated rings. The third-order valence-corrected chi connectivity index (χ3v) is 1.29. The third kappa shape index (κ3) is 4.31. The average molecular weight is 175 g/mol. The van der Waals surface area contributed by atoms with Gasteiger partial charge in [-0.2, -0.15) is 0 Å². The van der Waals surface area contributed by atoms with Crippen LogP contribution < -0.4 is 5.73 Å². The van der Waals surface area contributed by atoms with Gasteiger partial charge in [0, 0.05) is 0 Å². The SMILES string of the molecule is CC(C(=O)OC(C)(C)C)C(N)O. The fourth-order valence-electron chi connectivity index (χ4n) is 0.534. The van der Waals surface area contributed by atoms with Crippen LogP contribution in [-0.4, -0.2) is 22.9 Å². The van der Waals surface area contributed by atoms with E-state index in [0.717, 1.165) is 0 Å². The Hall–Kier alpha value is -0.610. The Bertz CT molecular complexity index is 160. The van der Waals surface area contributed by atoms with Crippen molar-refractivity contribution in [1.29, 1.82) is 0 Å². The highest BCUT2D eigenvalue weighted by atomic mass is 16.6. The number of hydrogen-bond donors (Lipinski definition) is 2. The van der Waals surface area contributed by atoms with Crippen molar-refractivity contribution in [2.24, 2.45) is 11.7 Å². The van der Waals surface area contributed by atoms with Gasteiger partial charge in [-0.05, 0) is 27.7 Å². The Labute approximate surface area is 72.7 Å². The Kier molecular flexibility index (Phi) is 3.67. The normalized spacial score (nSPS) is 16.8. The van der Waals surface area contributed by atoms with E-state index in [0.29, 0.717) is 0 Å². The first-order valence-corrected chi connectivity index (χ1v) is 3.90. The molecule has 0 aliphatic carbocycles. The number of aliphatic hydroxyl groups is 1. The number of aliphatic hydroxyl groups excluding tert-OH is 1. The van der Waals surface area contributed by atoms with E-state index in [1.807, 2.05) is 0 Å². The summed E-state index contributed by atoms with van der Waals surface area (Å²) >= 11 is 0. The molecule has 12 heavy (non-hydrogen) atoms. The van der Waals surface area contributed by atoms with E-state index in [4.69, 9.17) is 15.6 Å². The van der Waals surface area contributed by atoms with Crippen molar-refractivity contribution in [2.45, 2.75) is 39.5 Å². The second kappa shape index (κ2) is 3.87. The van der Waals surface area contributed by atoms with E-state index in [2.05, 4.69) is 0 Å². The van der Waals surface area contributed by atoms with E-state index in [1.54, 1.807) is 20.8 Å². The van der Waals surface area contributed by atoms with Gasteiger partial charge in [0.15, 0.2) is 0 Å². The molecule has 0 aliphatic heterocycles. The lowest BCUT2D eigenvalue weighted by Gasteiger charge is -2.23. The standard InChI is InChI=1S/C8H17NO3/c1-5(6(9)10)7(11)12-8(2,3)4/h5-6,10H,9H2,1-4H3. The molecule has 0 heterocycles. The quantitative estimate of drug-likeness (QED) is 0.466. The predicted molar refractivity (Wildman–Crippen MR) is 45.2 cm³/mol. The van der Waals surface area contributed by atoms with Gasteiger partial charge >= 0.3 is 5.97 Å². The summed E-state index contributed by atoms with van der Waals surface area (Å²) in [6.07, 6.45) is -1.15. The maximum Gasteiger partial charge on any atom is 0.313 e. The van der Waals surface area contributed by atoms with Crippen molar-refractivity contribution in [3.8, 4) is 0 Å². The molecule has 0 rings (SSSR count). The molecule has 2 unspecified atom stereocenters. The minimum atomic E-state index is -1.15. The van der Waals surface area contributed by atoms with Gasteiger partial charge in [-0.25, -0.2) is 0 Å². The molecule has 0 spiro atoms. The fraction of sp³-hybridized carbons (Fsp3) is 0.875. The van der Waals surface area contributed by atoms with Gasteiger partial charge in [0.1, 0.15) is 11.8 Å². The Balaban J connectivity index is 4.05. The smallest absolute Gasteiger partial charge is 0.313 e. The third-order valence-electron chi connectivity index (χ3n) is 1.29. The summed E-state index contributed by atoms with van der Waals surface area (Å²) in [5, 5.41) is 8.87. The van der Waals surface area contributed by atoms with Crippen LogP contribution in [0.2, 0.25) is 0 Å². The minimum Gasteiger partial charge on any atom is -0.460 e. The summed E-state index contributed by atoms with van der Waals surface area (Å²) in [5.41, 5.74) is 4.58. The molecular weight excluding hydrogens is 158 g/mol. The molecule has 3 N–H and O–H groups in total. The molecule has 0 aromatic carbocycles. The molecule has 0 saturated carbocycles. The lowest BCUT2D eigenvalue weighted by atomic mass is 10.1. The van der Waals surface area contributed by atoms with Crippen molar-refractivity contribution < 1.29 is 14.6 Å². The molecule has 0 amide bonds. The lowest BCUT2D eigenvalue weighted by molar-refractivity contribution is -0.162. The molecule has 0 aliphatic rings. The molecule has 0 aromatic heterocycles. The average Bonchev–Trinajstić information content (AvgIpc) is 1.82. The zero-order valence-corrected chi connectivity index (χ0v) is 8.00. The van der Waals surface area contributed by atoms with E-state index >= 15 is 0 Å². The Morgan fingerprint density at radius 3 is 2.17 bits per heavy atom. The molecule has 4 heteroatoms. The lowest BCUT2D eigenvalue weighted by Crippen LogP contribution is -2.37. The molecule has 0 saturated heterocycles. The first kappa shape index (κ1) is 11.4. The van der Waals surface area contributed by atoms with Crippen LogP contribution in [-0.2, 0) is 9.53 Å². The van der Waals surface area contributed by atoms with Gasteiger partial charge in [0.05, 0.1) is 5.92 Å². The van der Waals surface area contributed by atoms with Gasteiger partial charge in [-0.3, -0.25) is 4.79 Å². The second-order valence-corrected chi connectivity index (χ2v) is 3.81. The summed E-state index contributed by atoms with van der Waals surface area (Å²) in [5.74, 6) is -1.15. The second-order valence-electron chi connectivity index (χ2n) is 3.81. The van der Waals surface area contributed by atoms with E-state index < -0.39 is 23.7 Å². The van der Waals surface area contributed by atoms with Crippen molar-refractivity contribution in [3.05, 3.63) is 0 Å². The fourth-order valence-corrected chi connectivity index (χ4v) is 0.534. The van der Waals surface area contributed by atoms with Crippen LogP contribution in [0.1, 0.15) is 27.7 Å². The number of rotatable bonds is 2. The molecular formula is C8H17NO3. The van der Waals surface area contributed by atoms with Crippen molar-refractivity contribution in [3.63, 3.8) is 0 Å². The highest BCUT2D eigenvalue weighted by molar-refractivity contribution is 5.72. The summed E-state index contributed by atoms with van der Waals surface area (Å²) in [7, 11) is 0. The van der Waals surface area contributed by atoms with Gasteiger partial charge in [0.25, 0.3) is 0 Å². The van der Waals surface area contributed by atoms with Crippen LogP contribution in [0.4, 0.5) is 0 Å². The number of carbonyl (C=O) groups excluding carboxylic acids is 1. The summed E-state index contributed by atoms with van der Waals surface area (Å²) < 4.78 is 4.98. The maximum atomic E-state index is 11.1. The Morgan fingerprint density at radius 1 is 1.50 bits per heavy atom. The predicted octanol–water partition coefficient (Wildman–Crippen LogP) is 0.241. The topological polar surface area (TPSA) is 72.5 Å². The van der Waals surface area contributed by atoms with E-state index in [1.165, 1.54) is 6.92 Å². The minimum absolute atomic E-state index is 0.475. The molecule has 4 nitrogen and oxygen atoms in total. The summed E-state index contributed by atoms with van der Waals surface area (Å²) in [6, 6.07) is 0. The van der Waals surface area contributed by atoms with Gasteiger partial charge < -0.3 is 15.6 Å². The number of ether oxygens (including phenoxy) is 1. The van der Waals surface area contributed by atoms with Crippen LogP contribution in [0.25, 0.3) is 0 Å². The molecule has 72 valence electrons. The molecule has 0 bridgehead atoms. The number of esters is 1. The van der Waals surface area contributed by atoms with Crippen LogP contribution in [0.3, 0.4) is 0 Å². The first-order chi connectivity index (χ1) is 5.24. The summed E-state index contributed by atoms with van der Waals surface area (Å²) in [4.78, 5) is 11.1. The molecule has 2 atom stereocenters. The zero-order valence-electron chi connectivity index (χ0n) is 8.00. The number of nitrogens with two attached hydrogens (primary N) is 1. The van der Waals surface area contributed by atoms with Gasteiger partial charge in [0.2, 0.25) is 0 Å². The van der Waals surface area contributed by atoms with Crippen LogP contribution in [0.15, 0.2) is 0 Å².